The van der Waals surface area contributed by atoms with Crippen LogP contribution in [0.5, 0.6) is 0 Å². The molecule has 1 spiro atoms. The molecule has 1 atom stereocenters. The Labute approximate surface area is 131 Å². The Balaban J connectivity index is 1.62. The van der Waals surface area contributed by atoms with E-state index in [0.717, 1.165) is 19.4 Å². The maximum Gasteiger partial charge on any atom is 0.320 e. The molecular formula is C14H17ClN2O3S. The lowest BCUT2D eigenvalue weighted by atomic mass is 9.76. The molecule has 2 N–H and O–H groups in total. The van der Waals surface area contributed by atoms with E-state index in [1.54, 1.807) is 6.07 Å². The van der Waals surface area contributed by atoms with Gasteiger partial charge in [0.15, 0.2) is 0 Å². The molecule has 2 aliphatic heterocycles. The molecule has 3 heterocycles. The van der Waals surface area contributed by atoms with E-state index in [-0.39, 0.29) is 11.3 Å². The van der Waals surface area contributed by atoms with Gasteiger partial charge in [0.05, 0.1) is 5.02 Å². The van der Waals surface area contributed by atoms with E-state index < -0.39 is 12.0 Å². The van der Waals surface area contributed by atoms with Crippen LogP contribution in [0, 0.1) is 5.41 Å². The van der Waals surface area contributed by atoms with E-state index >= 15 is 0 Å². The van der Waals surface area contributed by atoms with Crippen LogP contribution in [0.3, 0.4) is 0 Å². The number of rotatable bonds is 2. The number of carbonyl (C=O) groups excluding carboxylic acids is 1. The largest absolute Gasteiger partial charge is 0.480 e. The molecule has 1 aromatic rings. The minimum atomic E-state index is -0.782. The Morgan fingerprint density at radius 2 is 2.14 bits per heavy atom. The molecule has 2 saturated heterocycles. The summed E-state index contributed by atoms with van der Waals surface area (Å²) in [5.41, 5.74) is 0.0269. The van der Waals surface area contributed by atoms with Gasteiger partial charge in [-0.2, -0.15) is 0 Å². The van der Waals surface area contributed by atoms with Crippen LogP contribution in [0.1, 0.15) is 28.9 Å². The zero-order valence-corrected chi connectivity index (χ0v) is 13.0. The van der Waals surface area contributed by atoms with Crippen molar-refractivity contribution in [2.75, 3.05) is 19.6 Å². The molecule has 5 nitrogen and oxygen atoms in total. The van der Waals surface area contributed by atoms with E-state index in [9.17, 15) is 9.59 Å². The number of halogens is 1. The topological polar surface area (TPSA) is 69.6 Å². The molecule has 1 aromatic heterocycles. The van der Waals surface area contributed by atoms with Crippen molar-refractivity contribution in [3.63, 3.8) is 0 Å². The molecule has 0 aliphatic carbocycles. The van der Waals surface area contributed by atoms with Gasteiger partial charge >= 0.3 is 5.97 Å². The minimum absolute atomic E-state index is 0.00871. The molecule has 0 aromatic carbocycles. The highest BCUT2D eigenvalue weighted by Gasteiger charge is 2.44. The Bertz CT molecular complexity index is 566. The van der Waals surface area contributed by atoms with Gasteiger partial charge in [0.25, 0.3) is 5.91 Å². The maximum atomic E-state index is 12.4. The summed E-state index contributed by atoms with van der Waals surface area (Å²) in [6.07, 6.45) is 2.35. The highest BCUT2D eigenvalue weighted by Crippen LogP contribution is 2.40. The van der Waals surface area contributed by atoms with Crippen molar-refractivity contribution in [2.24, 2.45) is 5.41 Å². The standard InChI is InChI=1S/C14H17ClN2O3S/c15-9-1-6-21-11(9)12(18)17-4-2-14(3-5-17)7-10(13(19)20)16-8-14/h1,6,10,16H,2-5,7-8H2,(H,19,20). The molecule has 1 unspecified atom stereocenters. The van der Waals surface area contributed by atoms with Gasteiger partial charge in [-0.3, -0.25) is 9.59 Å². The molecular weight excluding hydrogens is 312 g/mol. The van der Waals surface area contributed by atoms with Gasteiger partial charge in [0.1, 0.15) is 10.9 Å². The maximum absolute atomic E-state index is 12.4. The zero-order chi connectivity index (χ0) is 15.0. The Hall–Kier alpha value is -1.11. The SMILES string of the molecule is O=C(O)C1CC2(CCN(C(=O)c3sccc3Cl)CC2)CN1. The van der Waals surface area contributed by atoms with Crippen molar-refractivity contribution in [3.8, 4) is 0 Å². The summed E-state index contributed by atoms with van der Waals surface area (Å²) < 4.78 is 0. The number of hydrogen-bond acceptors (Lipinski definition) is 4. The second-order valence-corrected chi connectivity index (χ2v) is 7.19. The van der Waals surface area contributed by atoms with E-state index in [0.29, 0.717) is 29.4 Å². The molecule has 0 radical (unpaired) electrons. The normalized spacial score (nSPS) is 24.4. The summed E-state index contributed by atoms with van der Waals surface area (Å²) in [4.78, 5) is 25.9. The lowest BCUT2D eigenvalue weighted by molar-refractivity contribution is -0.139. The number of thiophene rings is 1. The van der Waals surface area contributed by atoms with Crippen LogP contribution in [-0.2, 0) is 4.79 Å². The van der Waals surface area contributed by atoms with Crippen molar-refractivity contribution in [2.45, 2.75) is 25.3 Å². The third kappa shape index (κ3) is 2.80. The number of nitrogens with zero attached hydrogens (tertiary/aromatic N) is 1. The number of carboxylic acid groups (broad SMARTS) is 1. The van der Waals surface area contributed by atoms with Crippen LogP contribution >= 0.6 is 22.9 Å². The van der Waals surface area contributed by atoms with Crippen LogP contribution in [0.4, 0.5) is 0 Å². The smallest absolute Gasteiger partial charge is 0.320 e. The number of nitrogens with one attached hydrogen (secondary N) is 1. The number of aliphatic carboxylic acids is 1. The second kappa shape index (κ2) is 5.59. The Kier molecular flexibility index (Phi) is 3.94. The van der Waals surface area contributed by atoms with Gasteiger partial charge in [0, 0.05) is 19.6 Å². The molecule has 2 fully saturated rings. The highest BCUT2D eigenvalue weighted by atomic mass is 35.5. The summed E-state index contributed by atoms with van der Waals surface area (Å²) in [5.74, 6) is -0.790. The minimum Gasteiger partial charge on any atom is -0.480 e. The number of carboxylic acids is 1. The zero-order valence-electron chi connectivity index (χ0n) is 11.5. The summed E-state index contributed by atoms with van der Waals surface area (Å²) >= 11 is 7.38. The predicted molar refractivity (Wildman–Crippen MR) is 80.9 cm³/mol. The third-order valence-electron chi connectivity index (χ3n) is 4.58. The first kappa shape index (κ1) is 14.8. The summed E-state index contributed by atoms with van der Waals surface area (Å²) in [7, 11) is 0. The molecule has 3 rings (SSSR count). The average molecular weight is 329 g/mol. The average Bonchev–Trinajstić information content (AvgIpc) is 3.06. The van der Waals surface area contributed by atoms with Gasteiger partial charge in [-0.15, -0.1) is 11.3 Å². The van der Waals surface area contributed by atoms with E-state index in [1.807, 2.05) is 10.3 Å². The molecule has 7 heteroatoms. The third-order valence-corrected chi connectivity index (χ3v) is 5.91. The number of amides is 1. The van der Waals surface area contributed by atoms with Crippen molar-refractivity contribution in [1.29, 1.82) is 0 Å². The van der Waals surface area contributed by atoms with Crippen LogP contribution in [0.2, 0.25) is 5.02 Å². The number of hydrogen-bond donors (Lipinski definition) is 2. The van der Waals surface area contributed by atoms with E-state index in [2.05, 4.69) is 5.32 Å². The fourth-order valence-corrected chi connectivity index (χ4v) is 4.35. The van der Waals surface area contributed by atoms with E-state index in [1.165, 1.54) is 11.3 Å². The second-order valence-electron chi connectivity index (χ2n) is 5.87. The first-order chi connectivity index (χ1) is 10.0. The van der Waals surface area contributed by atoms with Crippen LogP contribution < -0.4 is 5.32 Å². The van der Waals surface area contributed by atoms with Crippen LogP contribution in [-0.4, -0.2) is 47.6 Å². The fourth-order valence-electron chi connectivity index (χ4n) is 3.25. The van der Waals surface area contributed by atoms with Gasteiger partial charge in [-0.1, -0.05) is 11.6 Å². The summed E-state index contributed by atoms with van der Waals surface area (Å²) in [6.45, 7) is 2.06. The lowest BCUT2D eigenvalue weighted by Crippen LogP contribution is -2.43. The Morgan fingerprint density at radius 3 is 2.67 bits per heavy atom. The summed E-state index contributed by atoms with van der Waals surface area (Å²) in [5, 5.41) is 14.5. The van der Waals surface area contributed by atoms with Gasteiger partial charge in [-0.25, -0.2) is 0 Å². The van der Waals surface area contributed by atoms with Gasteiger partial charge < -0.3 is 15.3 Å². The molecule has 1 amide bonds. The lowest BCUT2D eigenvalue weighted by Gasteiger charge is -2.38. The monoisotopic (exact) mass is 328 g/mol. The number of carbonyl (C=O) groups is 2. The van der Waals surface area contributed by atoms with E-state index in [4.69, 9.17) is 16.7 Å². The van der Waals surface area contributed by atoms with Crippen molar-refractivity contribution in [1.82, 2.24) is 10.2 Å². The van der Waals surface area contributed by atoms with Crippen molar-refractivity contribution in [3.05, 3.63) is 21.3 Å². The number of piperidine rings is 1. The van der Waals surface area contributed by atoms with Crippen molar-refractivity contribution >= 4 is 34.8 Å². The first-order valence-corrected chi connectivity index (χ1v) is 8.25. The first-order valence-electron chi connectivity index (χ1n) is 6.99. The Morgan fingerprint density at radius 1 is 1.43 bits per heavy atom. The molecule has 114 valence electrons. The molecule has 0 bridgehead atoms. The fraction of sp³-hybridized carbons (Fsp3) is 0.571. The predicted octanol–water partition coefficient (Wildman–Crippen LogP) is 2.07. The van der Waals surface area contributed by atoms with Crippen LogP contribution in [0.25, 0.3) is 0 Å². The van der Waals surface area contributed by atoms with Crippen LogP contribution in [0.15, 0.2) is 11.4 Å². The van der Waals surface area contributed by atoms with Gasteiger partial charge in [-0.05, 0) is 36.1 Å². The highest BCUT2D eigenvalue weighted by molar-refractivity contribution is 7.12. The molecule has 21 heavy (non-hydrogen) atoms. The quantitative estimate of drug-likeness (QED) is 0.872. The molecule has 2 aliphatic rings. The summed E-state index contributed by atoms with van der Waals surface area (Å²) in [6, 6.07) is 1.29. The van der Waals surface area contributed by atoms with Gasteiger partial charge in [0.2, 0.25) is 0 Å². The van der Waals surface area contributed by atoms with Crippen molar-refractivity contribution < 1.29 is 14.7 Å². The number of likely N-dealkylation sites (tertiary alicyclic amines) is 1. The molecule has 0 saturated carbocycles.